The molecule has 36 heavy (non-hydrogen) atoms. The van der Waals surface area contributed by atoms with Crippen molar-refractivity contribution in [2.75, 3.05) is 0 Å². The monoisotopic (exact) mass is 498 g/mol. The van der Waals surface area contributed by atoms with Gasteiger partial charge < -0.3 is 15.8 Å². The number of fused-ring (bicyclic) bond motifs is 1. The number of nitrogens with zero attached hydrogens (tertiary/aromatic N) is 2. The molecule has 2 heterocycles. The molecular formula is C27H32F2N4O3. The van der Waals surface area contributed by atoms with E-state index in [1.54, 1.807) is 32.0 Å². The molecule has 0 saturated heterocycles. The number of nitrogens with one attached hydrogen (secondary N) is 1. The van der Waals surface area contributed by atoms with Crippen molar-refractivity contribution in [3.05, 3.63) is 64.7 Å². The largest absolute Gasteiger partial charge is 0.484 e. The van der Waals surface area contributed by atoms with Gasteiger partial charge in [-0.05, 0) is 50.5 Å². The van der Waals surface area contributed by atoms with E-state index >= 15 is 0 Å². The van der Waals surface area contributed by atoms with Gasteiger partial charge in [-0.2, -0.15) is 4.39 Å². The molecule has 0 fully saturated rings. The maximum Gasteiger partial charge on any atom is 0.251 e. The molecule has 0 aromatic heterocycles. The number of nitrogens with two attached hydrogens (primary N) is 1. The minimum absolute atomic E-state index is 0.101. The predicted octanol–water partition coefficient (Wildman–Crippen LogP) is 4.60. The number of guanidine groups is 1. The average molecular weight is 499 g/mol. The van der Waals surface area contributed by atoms with Gasteiger partial charge in [0.25, 0.3) is 5.91 Å². The Morgan fingerprint density at radius 2 is 1.94 bits per heavy atom. The molecule has 2 aliphatic rings. The summed E-state index contributed by atoms with van der Waals surface area (Å²) in [6, 6.07) is 8.77. The fourth-order valence-electron chi connectivity index (χ4n) is 4.88. The summed E-state index contributed by atoms with van der Waals surface area (Å²) in [5.74, 6) is -2.55. The lowest BCUT2D eigenvalue weighted by molar-refractivity contribution is -0.130. The summed E-state index contributed by atoms with van der Waals surface area (Å²) in [4.78, 5) is 32.1. The molecule has 0 saturated carbocycles. The minimum Gasteiger partial charge on any atom is -0.484 e. The number of benzene rings is 2. The van der Waals surface area contributed by atoms with Crippen molar-refractivity contribution in [1.82, 2.24) is 10.2 Å². The smallest absolute Gasteiger partial charge is 0.251 e. The maximum atomic E-state index is 14.4. The van der Waals surface area contributed by atoms with Crippen LogP contribution in [0.2, 0.25) is 0 Å². The zero-order valence-corrected chi connectivity index (χ0v) is 21.0. The van der Waals surface area contributed by atoms with E-state index in [9.17, 15) is 18.4 Å². The maximum absolute atomic E-state index is 14.4. The van der Waals surface area contributed by atoms with E-state index < -0.39 is 28.8 Å². The van der Waals surface area contributed by atoms with Gasteiger partial charge in [-0.1, -0.05) is 32.0 Å². The van der Waals surface area contributed by atoms with Crippen LogP contribution < -0.4 is 15.8 Å². The van der Waals surface area contributed by atoms with Crippen molar-refractivity contribution in [3.8, 4) is 5.75 Å². The van der Waals surface area contributed by atoms with E-state index in [-0.39, 0.29) is 36.5 Å². The normalized spacial score (nSPS) is 20.3. The number of carbonyl (C=O) groups excluding carboxylic acids is 2. The van der Waals surface area contributed by atoms with Crippen LogP contribution in [0.25, 0.3) is 0 Å². The molecule has 192 valence electrons. The minimum atomic E-state index is -1.07. The second kappa shape index (κ2) is 9.52. The Morgan fingerprint density at radius 1 is 1.22 bits per heavy atom. The Hall–Kier alpha value is -3.49. The molecular weight excluding hydrogens is 466 g/mol. The third kappa shape index (κ3) is 4.92. The molecule has 3 N–H and O–H groups in total. The summed E-state index contributed by atoms with van der Waals surface area (Å²) in [7, 11) is 0. The lowest BCUT2D eigenvalue weighted by Crippen LogP contribution is -2.50. The lowest BCUT2D eigenvalue weighted by atomic mass is 9.88. The molecule has 4 rings (SSSR count). The van der Waals surface area contributed by atoms with Gasteiger partial charge in [0.05, 0.1) is 24.5 Å². The second-order valence-corrected chi connectivity index (χ2v) is 10.1. The zero-order valence-electron chi connectivity index (χ0n) is 21.0. The molecule has 0 unspecified atom stereocenters. The van der Waals surface area contributed by atoms with Crippen LogP contribution in [0.5, 0.6) is 5.75 Å². The first-order valence-electron chi connectivity index (χ1n) is 12.2. The van der Waals surface area contributed by atoms with Gasteiger partial charge in [-0.3, -0.25) is 14.5 Å². The van der Waals surface area contributed by atoms with Gasteiger partial charge in [-0.15, -0.1) is 0 Å². The van der Waals surface area contributed by atoms with Crippen LogP contribution in [0.15, 0.2) is 41.4 Å². The Balaban J connectivity index is 1.54. The van der Waals surface area contributed by atoms with Crippen LogP contribution in [0.3, 0.4) is 0 Å². The van der Waals surface area contributed by atoms with Crippen molar-refractivity contribution in [3.63, 3.8) is 0 Å². The Kier molecular flexibility index (Phi) is 6.77. The highest BCUT2D eigenvalue weighted by atomic mass is 19.2. The molecule has 9 heteroatoms. The summed E-state index contributed by atoms with van der Waals surface area (Å²) in [6.07, 6.45) is 2.11. The van der Waals surface area contributed by atoms with Crippen LogP contribution >= 0.6 is 0 Å². The van der Waals surface area contributed by atoms with Crippen molar-refractivity contribution >= 4 is 17.8 Å². The predicted molar refractivity (Wildman–Crippen MR) is 132 cm³/mol. The number of aliphatic imine (C=N–C) groups is 1. The molecule has 2 aliphatic heterocycles. The topological polar surface area (TPSA) is 97.0 Å². The Labute approximate surface area is 209 Å². The van der Waals surface area contributed by atoms with E-state index in [1.165, 1.54) is 11.0 Å². The molecule has 1 atom stereocenters. The summed E-state index contributed by atoms with van der Waals surface area (Å²) in [6.45, 7) is 7.69. The molecule has 0 aliphatic carbocycles. The van der Waals surface area contributed by atoms with Gasteiger partial charge in [0.1, 0.15) is 5.60 Å². The van der Waals surface area contributed by atoms with Gasteiger partial charge in [-0.25, -0.2) is 9.38 Å². The number of carbonyl (C=O) groups is 2. The van der Waals surface area contributed by atoms with Gasteiger partial charge in [0.2, 0.25) is 11.7 Å². The Morgan fingerprint density at radius 3 is 2.61 bits per heavy atom. The first-order valence-corrected chi connectivity index (χ1v) is 12.2. The van der Waals surface area contributed by atoms with E-state index in [4.69, 9.17) is 10.5 Å². The van der Waals surface area contributed by atoms with Gasteiger partial charge in [0, 0.05) is 17.5 Å². The summed E-state index contributed by atoms with van der Waals surface area (Å²) < 4.78 is 33.9. The SMILES string of the molecule is CCC1(CC)CC(=O)N(Cc2cccc(C(=O)N[C@H]3CC(C)(C)Oc4c3ccc(F)c4F)c2)C(N)=N1. The van der Waals surface area contributed by atoms with E-state index in [1.807, 2.05) is 19.9 Å². The first kappa shape index (κ1) is 25.6. The molecule has 0 radical (unpaired) electrons. The van der Waals surface area contributed by atoms with E-state index in [0.717, 1.165) is 24.5 Å². The highest BCUT2D eigenvalue weighted by Crippen LogP contribution is 2.41. The van der Waals surface area contributed by atoms with Crippen molar-refractivity contribution < 1.29 is 23.1 Å². The summed E-state index contributed by atoms with van der Waals surface area (Å²) in [5, 5.41) is 2.93. The highest BCUT2D eigenvalue weighted by molar-refractivity contribution is 5.99. The molecule has 7 nitrogen and oxygen atoms in total. The molecule has 2 aromatic carbocycles. The summed E-state index contributed by atoms with van der Waals surface area (Å²) >= 11 is 0. The van der Waals surface area contributed by atoms with Crippen LogP contribution in [-0.2, 0) is 11.3 Å². The van der Waals surface area contributed by atoms with Gasteiger partial charge in [0.15, 0.2) is 17.5 Å². The number of hydrogen-bond donors (Lipinski definition) is 2. The second-order valence-electron chi connectivity index (χ2n) is 10.1. The Bertz CT molecular complexity index is 1220. The number of amides is 2. The fourth-order valence-corrected chi connectivity index (χ4v) is 4.88. The number of ether oxygens (including phenoxy) is 1. The molecule has 0 bridgehead atoms. The first-order chi connectivity index (χ1) is 17.0. The van der Waals surface area contributed by atoms with Crippen LogP contribution in [0.4, 0.5) is 8.78 Å². The van der Waals surface area contributed by atoms with Crippen LogP contribution in [0, 0.1) is 11.6 Å². The van der Waals surface area contributed by atoms with E-state index in [2.05, 4.69) is 10.3 Å². The number of hydrogen-bond acceptors (Lipinski definition) is 5. The van der Waals surface area contributed by atoms with Crippen LogP contribution in [-0.4, -0.2) is 33.8 Å². The van der Waals surface area contributed by atoms with Crippen molar-refractivity contribution in [1.29, 1.82) is 0 Å². The molecule has 2 amide bonds. The lowest BCUT2D eigenvalue weighted by Gasteiger charge is -2.38. The van der Waals surface area contributed by atoms with E-state index in [0.29, 0.717) is 17.5 Å². The van der Waals surface area contributed by atoms with Crippen LogP contribution in [0.1, 0.15) is 80.9 Å². The zero-order chi connectivity index (χ0) is 26.3. The summed E-state index contributed by atoms with van der Waals surface area (Å²) in [5.41, 5.74) is 6.37. The molecule has 0 spiro atoms. The number of rotatable bonds is 6. The fraction of sp³-hybridized carbons (Fsp3) is 0.444. The average Bonchev–Trinajstić information content (AvgIpc) is 2.83. The van der Waals surface area contributed by atoms with Crippen molar-refractivity contribution in [2.24, 2.45) is 10.7 Å². The standard InChI is InChI=1S/C27H32F2N4O3/c1-5-27(6-2)14-21(34)33(25(30)32-27)15-16-8-7-9-17(12-16)24(35)31-20-13-26(3,4)36-23-18(20)10-11-19(28)22(23)29/h7-12,20H,5-6,13-15H2,1-4H3,(H2,30,32)(H,31,35)/t20-/m0/s1. The third-order valence-corrected chi connectivity index (χ3v) is 7.09. The highest BCUT2D eigenvalue weighted by Gasteiger charge is 2.38. The van der Waals surface area contributed by atoms with Crippen molar-refractivity contribution in [2.45, 2.75) is 77.1 Å². The third-order valence-electron chi connectivity index (χ3n) is 7.09. The number of halogens is 2. The quantitative estimate of drug-likeness (QED) is 0.608. The van der Waals surface area contributed by atoms with Gasteiger partial charge >= 0.3 is 0 Å². The molecule has 2 aromatic rings.